The molecule has 0 aliphatic carbocycles. The highest BCUT2D eigenvalue weighted by atomic mass is 16.5. The van der Waals surface area contributed by atoms with Crippen molar-refractivity contribution in [1.82, 2.24) is 15.2 Å². The first kappa shape index (κ1) is 16.9. The number of ether oxygens (including phenoxy) is 4. The second-order valence-electron chi connectivity index (χ2n) is 5.90. The number of morpholine rings is 1. The van der Waals surface area contributed by atoms with E-state index in [1.165, 1.54) is 14.2 Å². The first-order chi connectivity index (χ1) is 11.7. The Kier molecular flexibility index (Phi) is 5.17. The van der Waals surface area contributed by atoms with Gasteiger partial charge in [-0.25, -0.2) is 0 Å². The summed E-state index contributed by atoms with van der Waals surface area (Å²) in [5, 5.41) is 3.30. The van der Waals surface area contributed by atoms with Crippen LogP contribution in [-0.4, -0.2) is 81.6 Å². The number of methoxy groups -OCH3 is 2. The normalized spacial score (nSPS) is 24.5. The number of nitrogens with zero attached hydrogens (tertiary/aromatic N) is 2. The summed E-state index contributed by atoms with van der Waals surface area (Å²) in [6.45, 7) is 4.04. The van der Waals surface area contributed by atoms with Crippen LogP contribution in [-0.2, 0) is 9.47 Å². The van der Waals surface area contributed by atoms with Crippen molar-refractivity contribution in [3.05, 3.63) is 17.7 Å². The average molecular weight is 337 g/mol. The van der Waals surface area contributed by atoms with Crippen molar-refractivity contribution in [2.24, 2.45) is 0 Å². The van der Waals surface area contributed by atoms with E-state index in [0.717, 1.165) is 6.54 Å². The molecule has 8 heteroatoms. The molecule has 0 bridgehead atoms. The van der Waals surface area contributed by atoms with E-state index in [4.69, 9.17) is 18.9 Å². The minimum absolute atomic E-state index is 0.131. The van der Waals surface area contributed by atoms with Crippen molar-refractivity contribution in [2.75, 3.05) is 60.2 Å². The molecule has 1 N–H and O–H groups in total. The number of aromatic nitrogens is 1. The molecule has 2 aliphatic rings. The van der Waals surface area contributed by atoms with E-state index in [-0.39, 0.29) is 11.8 Å². The molecular weight excluding hydrogens is 314 g/mol. The maximum atomic E-state index is 12.9. The SMILES string of the molecule is COc1ccc(C(=O)N2CCO[C@@]3(CNCCOC3)C2)c(OC)n1. The Morgan fingerprint density at radius 1 is 1.33 bits per heavy atom. The summed E-state index contributed by atoms with van der Waals surface area (Å²) in [4.78, 5) is 18.9. The molecule has 0 aromatic carbocycles. The van der Waals surface area contributed by atoms with Gasteiger partial charge in [0, 0.05) is 25.7 Å². The van der Waals surface area contributed by atoms with Gasteiger partial charge in [0.25, 0.3) is 5.91 Å². The van der Waals surface area contributed by atoms with E-state index in [9.17, 15) is 4.79 Å². The fraction of sp³-hybridized carbons (Fsp3) is 0.625. The zero-order valence-electron chi connectivity index (χ0n) is 14.0. The van der Waals surface area contributed by atoms with E-state index < -0.39 is 5.60 Å². The Morgan fingerprint density at radius 2 is 2.21 bits per heavy atom. The number of hydrogen-bond donors (Lipinski definition) is 1. The number of rotatable bonds is 3. The highest BCUT2D eigenvalue weighted by Crippen LogP contribution is 2.25. The van der Waals surface area contributed by atoms with Crippen molar-refractivity contribution in [3.63, 3.8) is 0 Å². The van der Waals surface area contributed by atoms with Gasteiger partial charge in [0.2, 0.25) is 11.8 Å². The summed E-state index contributed by atoms with van der Waals surface area (Å²) < 4.78 is 21.9. The third kappa shape index (κ3) is 3.45. The van der Waals surface area contributed by atoms with E-state index in [1.807, 2.05) is 0 Å². The molecule has 1 atom stereocenters. The summed E-state index contributed by atoms with van der Waals surface area (Å²) in [6, 6.07) is 3.33. The van der Waals surface area contributed by atoms with Crippen LogP contribution in [0.4, 0.5) is 0 Å². The van der Waals surface area contributed by atoms with Crippen LogP contribution in [0, 0.1) is 0 Å². The average Bonchev–Trinajstić information content (AvgIpc) is 2.86. The van der Waals surface area contributed by atoms with Crippen LogP contribution < -0.4 is 14.8 Å². The molecule has 1 amide bonds. The number of carbonyl (C=O) groups excluding carboxylic acids is 1. The largest absolute Gasteiger partial charge is 0.481 e. The van der Waals surface area contributed by atoms with Crippen LogP contribution in [0.1, 0.15) is 10.4 Å². The Balaban J connectivity index is 1.79. The molecule has 2 saturated heterocycles. The lowest BCUT2D eigenvalue weighted by atomic mass is 10.0. The van der Waals surface area contributed by atoms with E-state index in [2.05, 4.69) is 10.3 Å². The minimum atomic E-state index is -0.502. The van der Waals surface area contributed by atoms with E-state index >= 15 is 0 Å². The van der Waals surface area contributed by atoms with Crippen LogP contribution in [0.2, 0.25) is 0 Å². The summed E-state index contributed by atoms with van der Waals surface area (Å²) in [6.07, 6.45) is 0. The Labute approximate surface area is 141 Å². The number of amides is 1. The Bertz CT molecular complexity index is 587. The fourth-order valence-corrected chi connectivity index (χ4v) is 3.01. The van der Waals surface area contributed by atoms with Gasteiger partial charge in [-0.2, -0.15) is 4.98 Å². The van der Waals surface area contributed by atoms with Crippen molar-refractivity contribution in [2.45, 2.75) is 5.60 Å². The third-order valence-corrected chi connectivity index (χ3v) is 4.24. The van der Waals surface area contributed by atoms with E-state index in [0.29, 0.717) is 50.9 Å². The first-order valence-electron chi connectivity index (χ1n) is 7.98. The Hall–Kier alpha value is -1.90. The third-order valence-electron chi connectivity index (χ3n) is 4.24. The van der Waals surface area contributed by atoms with Crippen LogP contribution in [0.3, 0.4) is 0 Å². The smallest absolute Gasteiger partial charge is 0.259 e. The van der Waals surface area contributed by atoms with Crippen LogP contribution >= 0.6 is 0 Å². The quantitative estimate of drug-likeness (QED) is 0.827. The lowest BCUT2D eigenvalue weighted by Crippen LogP contribution is -2.59. The molecule has 1 aromatic rings. The maximum absolute atomic E-state index is 12.9. The summed E-state index contributed by atoms with van der Waals surface area (Å²) >= 11 is 0. The van der Waals surface area contributed by atoms with Gasteiger partial charge >= 0.3 is 0 Å². The van der Waals surface area contributed by atoms with Gasteiger partial charge in [0.1, 0.15) is 11.2 Å². The van der Waals surface area contributed by atoms with Gasteiger partial charge in [-0.1, -0.05) is 0 Å². The van der Waals surface area contributed by atoms with Crippen molar-refractivity contribution in [3.8, 4) is 11.8 Å². The first-order valence-corrected chi connectivity index (χ1v) is 7.98. The summed E-state index contributed by atoms with van der Waals surface area (Å²) in [5.41, 5.74) is -0.0878. The van der Waals surface area contributed by atoms with Gasteiger partial charge in [-0.15, -0.1) is 0 Å². The molecule has 132 valence electrons. The molecule has 1 spiro atoms. The molecule has 24 heavy (non-hydrogen) atoms. The number of hydrogen-bond acceptors (Lipinski definition) is 7. The molecular formula is C16H23N3O5. The molecule has 2 aliphatic heterocycles. The molecule has 8 nitrogen and oxygen atoms in total. The van der Waals surface area contributed by atoms with Gasteiger partial charge in [0.15, 0.2) is 0 Å². The minimum Gasteiger partial charge on any atom is -0.481 e. The summed E-state index contributed by atoms with van der Waals surface area (Å²) in [7, 11) is 3.01. The highest BCUT2D eigenvalue weighted by Gasteiger charge is 2.40. The number of carbonyl (C=O) groups is 1. The maximum Gasteiger partial charge on any atom is 0.259 e. The second kappa shape index (κ2) is 7.33. The highest BCUT2D eigenvalue weighted by molar-refractivity contribution is 5.96. The zero-order chi connectivity index (χ0) is 17.0. The van der Waals surface area contributed by atoms with Crippen molar-refractivity contribution >= 4 is 5.91 Å². The van der Waals surface area contributed by atoms with Crippen molar-refractivity contribution < 1.29 is 23.7 Å². The van der Waals surface area contributed by atoms with Crippen LogP contribution in [0.5, 0.6) is 11.8 Å². The molecule has 0 saturated carbocycles. The number of nitrogens with one attached hydrogen (secondary N) is 1. The van der Waals surface area contributed by atoms with Crippen LogP contribution in [0.25, 0.3) is 0 Å². The molecule has 3 heterocycles. The number of pyridine rings is 1. The lowest BCUT2D eigenvalue weighted by molar-refractivity contribution is -0.125. The zero-order valence-corrected chi connectivity index (χ0v) is 14.0. The molecule has 0 radical (unpaired) electrons. The monoisotopic (exact) mass is 337 g/mol. The second-order valence-corrected chi connectivity index (χ2v) is 5.90. The molecule has 1 aromatic heterocycles. The molecule has 3 rings (SSSR count). The van der Waals surface area contributed by atoms with Crippen molar-refractivity contribution in [1.29, 1.82) is 0 Å². The fourth-order valence-electron chi connectivity index (χ4n) is 3.01. The predicted molar refractivity (Wildman–Crippen MR) is 85.6 cm³/mol. The van der Waals surface area contributed by atoms with Gasteiger partial charge in [-0.3, -0.25) is 4.79 Å². The van der Waals surface area contributed by atoms with E-state index in [1.54, 1.807) is 17.0 Å². The molecule has 0 unspecified atom stereocenters. The molecule has 2 fully saturated rings. The topological polar surface area (TPSA) is 82.2 Å². The lowest BCUT2D eigenvalue weighted by Gasteiger charge is -2.41. The van der Waals surface area contributed by atoms with Gasteiger partial charge < -0.3 is 29.2 Å². The van der Waals surface area contributed by atoms with Gasteiger partial charge in [-0.05, 0) is 6.07 Å². The predicted octanol–water partition coefficient (Wildman–Crippen LogP) is -0.0702. The summed E-state index contributed by atoms with van der Waals surface area (Å²) in [5.74, 6) is 0.535. The standard InChI is InChI=1S/C16H23N3O5/c1-21-13-4-3-12(14(18-13)22-2)15(20)19-6-8-24-16(10-19)9-17-5-7-23-11-16/h3-4,17H,5-11H2,1-2H3/t16-/m0/s1. The van der Waals surface area contributed by atoms with Gasteiger partial charge in [0.05, 0.1) is 40.6 Å². The van der Waals surface area contributed by atoms with Crippen LogP contribution in [0.15, 0.2) is 12.1 Å². The Morgan fingerprint density at radius 3 is 3.00 bits per heavy atom.